The first-order valence-electron chi connectivity index (χ1n) is 6.97. The van der Waals surface area contributed by atoms with Crippen molar-refractivity contribution < 1.29 is 19.4 Å². The molecule has 0 aliphatic carbocycles. The van der Waals surface area contributed by atoms with Crippen LogP contribution in [0, 0.1) is 5.92 Å². The standard InChI is InChI=1S/C16H19NO4/c1-2-10-21-14-7-5-12(6-8-14)15(18)17-9-3-4-13(11-17)16(19)20/h2,5-8,13H,1,3-4,9-11H2,(H,19,20). The molecule has 1 saturated heterocycles. The first-order valence-corrected chi connectivity index (χ1v) is 6.97. The van der Waals surface area contributed by atoms with E-state index in [1.807, 2.05) is 0 Å². The summed E-state index contributed by atoms with van der Waals surface area (Å²) in [5.41, 5.74) is 0.548. The molecule has 2 rings (SSSR count). The molecule has 1 atom stereocenters. The number of nitrogens with zero attached hydrogens (tertiary/aromatic N) is 1. The largest absolute Gasteiger partial charge is 0.490 e. The Balaban J connectivity index is 2.02. The Kier molecular flexibility index (Phi) is 4.98. The highest BCUT2D eigenvalue weighted by Gasteiger charge is 2.28. The molecule has 1 amide bonds. The van der Waals surface area contributed by atoms with Crippen molar-refractivity contribution in [2.45, 2.75) is 12.8 Å². The topological polar surface area (TPSA) is 66.8 Å². The quantitative estimate of drug-likeness (QED) is 0.844. The van der Waals surface area contributed by atoms with Gasteiger partial charge in [-0.3, -0.25) is 9.59 Å². The van der Waals surface area contributed by atoms with Crippen molar-refractivity contribution in [2.24, 2.45) is 5.92 Å². The summed E-state index contributed by atoms with van der Waals surface area (Å²) in [6.07, 6.45) is 3.01. The Bertz CT molecular complexity index is 524. The first kappa shape index (κ1) is 15.1. The van der Waals surface area contributed by atoms with Gasteiger partial charge in [0.2, 0.25) is 0 Å². The van der Waals surface area contributed by atoms with Gasteiger partial charge in [0, 0.05) is 18.7 Å². The van der Waals surface area contributed by atoms with Gasteiger partial charge in [0.1, 0.15) is 12.4 Å². The predicted molar refractivity (Wildman–Crippen MR) is 78.4 cm³/mol. The van der Waals surface area contributed by atoms with E-state index in [-0.39, 0.29) is 12.5 Å². The Morgan fingerprint density at radius 2 is 2.10 bits per heavy atom. The monoisotopic (exact) mass is 289 g/mol. The van der Waals surface area contributed by atoms with Gasteiger partial charge < -0.3 is 14.7 Å². The number of rotatable bonds is 5. The SMILES string of the molecule is C=CCOc1ccc(C(=O)N2CCCC(C(=O)O)C2)cc1. The Morgan fingerprint density at radius 3 is 2.71 bits per heavy atom. The molecule has 1 aromatic carbocycles. The third kappa shape index (κ3) is 3.84. The van der Waals surface area contributed by atoms with Gasteiger partial charge in [0.25, 0.3) is 5.91 Å². The third-order valence-electron chi connectivity index (χ3n) is 3.53. The molecule has 1 fully saturated rings. The molecule has 21 heavy (non-hydrogen) atoms. The lowest BCUT2D eigenvalue weighted by atomic mass is 9.97. The minimum absolute atomic E-state index is 0.128. The second-order valence-corrected chi connectivity index (χ2v) is 5.05. The van der Waals surface area contributed by atoms with Crippen LogP contribution in [0.15, 0.2) is 36.9 Å². The number of carbonyl (C=O) groups is 2. The molecule has 5 heteroatoms. The van der Waals surface area contributed by atoms with Crippen molar-refractivity contribution in [2.75, 3.05) is 19.7 Å². The molecular weight excluding hydrogens is 270 g/mol. The number of carboxylic acid groups (broad SMARTS) is 1. The number of amides is 1. The maximum atomic E-state index is 12.4. The zero-order chi connectivity index (χ0) is 15.2. The fraction of sp³-hybridized carbons (Fsp3) is 0.375. The molecule has 1 aromatic rings. The van der Waals surface area contributed by atoms with Crippen LogP contribution in [0.1, 0.15) is 23.2 Å². The normalized spacial score (nSPS) is 18.1. The van der Waals surface area contributed by atoms with E-state index >= 15 is 0 Å². The van der Waals surface area contributed by atoms with E-state index in [1.54, 1.807) is 35.2 Å². The van der Waals surface area contributed by atoms with E-state index in [2.05, 4.69) is 6.58 Å². The summed E-state index contributed by atoms with van der Waals surface area (Å²) in [6, 6.07) is 6.86. The van der Waals surface area contributed by atoms with Gasteiger partial charge in [-0.15, -0.1) is 0 Å². The summed E-state index contributed by atoms with van der Waals surface area (Å²) < 4.78 is 5.36. The van der Waals surface area contributed by atoms with Gasteiger partial charge in [0.05, 0.1) is 5.92 Å². The number of benzene rings is 1. The van der Waals surface area contributed by atoms with Crippen molar-refractivity contribution in [3.8, 4) is 5.75 Å². The number of ether oxygens (including phenoxy) is 1. The maximum absolute atomic E-state index is 12.4. The van der Waals surface area contributed by atoms with E-state index in [9.17, 15) is 9.59 Å². The maximum Gasteiger partial charge on any atom is 0.308 e. The molecule has 0 radical (unpaired) electrons. The van der Waals surface area contributed by atoms with Crippen LogP contribution in [0.2, 0.25) is 0 Å². The third-order valence-corrected chi connectivity index (χ3v) is 3.53. The van der Waals surface area contributed by atoms with E-state index < -0.39 is 11.9 Å². The van der Waals surface area contributed by atoms with Crippen LogP contribution in [0.25, 0.3) is 0 Å². The van der Waals surface area contributed by atoms with Crippen LogP contribution in [-0.4, -0.2) is 41.6 Å². The fourth-order valence-electron chi connectivity index (χ4n) is 2.39. The molecule has 0 spiro atoms. The lowest BCUT2D eigenvalue weighted by Gasteiger charge is -2.30. The van der Waals surface area contributed by atoms with Crippen LogP contribution in [-0.2, 0) is 4.79 Å². The predicted octanol–water partition coefficient (Wildman–Crippen LogP) is 2.19. The van der Waals surface area contributed by atoms with E-state index in [0.29, 0.717) is 30.9 Å². The van der Waals surface area contributed by atoms with Crippen LogP contribution in [0.3, 0.4) is 0 Å². The minimum atomic E-state index is -0.833. The summed E-state index contributed by atoms with van der Waals surface area (Å²) >= 11 is 0. The number of hydrogen-bond donors (Lipinski definition) is 1. The van der Waals surface area contributed by atoms with Crippen molar-refractivity contribution in [3.05, 3.63) is 42.5 Å². The number of aliphatic carboxylic acids is 1. The molecule has 1 unspecified atom stereocenters. The summed E-state index contributed by atoms with van der Waals surface area (Å²) in [5.74, 6) is -0.747. The Morgan fingerprint density at radius 1 is 1.38 bits per heavy atom. The summed E-state index contributed by atoms with van der Waals surface area (Å²) in [7, 11) is 0. The summed E-state index contributed by atoms with van der Waals surface area (Å²) in [4.78, 5) is 25.0. The van der Waals surface area contributed by atoms with Crippen molar-refractivity contribution >= 4 is 11.9 Å². The molecular formula is C16H19NO4. The summed E-state index contributed by atoms with van der Waals surface area (Å²) in [5, 5.41) is 9.06. The van der Waals surface area contributed by atoms with E-state index in [0.717, 1.165) is 6.42 Å². The number of carbonyl (C=O) groups excluding carboxylic acids is 1. The van der Waals surface area contributed by atoms with E-state index in [4.69, 9.17) is 9.84 Å². The van der Waals surface area contributed by atoms with Crippen LogP contribution in [0.4, 0.5) is 0 Å². The number of piperidine rings is 1. The average molecular weight is 289 g/mol. The molecule has 1 heterocycles. The van der Waals surface area contributed by atoms with Gasteiger partial charge in [-0.1, -0.05) is 12.7 Å². The van der Waals surface area contributed by atoms with Crippen molar-refractivity contribution in [1.82, 2.24) is 4.90 Å². The molecule has 112 valence electrons. The van der Waals surface area contributed by atoms with Crippen LogP contribution >= 0.6 is 0 Å². The van der Waals surface area contributed by atoms with Gasteiger partial charge in [-0.05, 0) is 37.1 Å². The highest BCUT2D eigenvalue weighted by atomic mass is 16.5. The lowest BCUT2D eigenvalue weighted by Crippen LogP contribution is -2.42. The van der Waals surface area contributed by atoms with Gasteiger partial charge in [-0.25, -0.2) is 0 Å². The van der Waals surface area contributed by atoms with E-state index in [1.165, 1.54) is 0 Å². The summed E-state index contributed by atoms with van der Waals surface area (Å²) in [6.45, 7) is 4.88. The van der Waals surface area contributed by atoms with Crippen molar-refractivity contribution in [1.29, 1.82) is 0 Å². The minimum Gasteiger partial charge on any atom is -0.490 e. The molecule has 1 aliphatic rings. The van der Waals surface area contributed by atoms with Crippen molar-refractivity contribution in [3.63, 3.8) is 0 Å². The number of carboxylic acids is 1. The Hall–Kier alpha value is -2.30. The highest BCUT2D eigenvalue weighted by molar-refractivity contribution is 5.94. The van der Waals surface area contributed by atoms with Gasteiger partial charge >= 0.3 is 5.97 Å². The second-order valence-electron chi connectivity index (χ2n) is 5.05. The van der Waals surface area contributed by atoms with Crippen LogP contribution < -0.4 is 4.74 Å². The zero-order valence-corrected chi connectivity index (χ0v) is 11.8. The number of hydrogen-bond acceptors (Lipinski definition) is 3. The average Bonchev–Trinajstić information content (AvgIpc) is 2.53. The molecule has 5 nitrogen and oxygen atoms in total. The first-order chi connectivity index (χ1) is 10.1. The highest BCUT2D eigenvalue weighted by Crippen LogP contribution is 2.20. The number of likely N-dealkylation sites (tertiary alicyclic amines) is 1. The second kappa shape index (κ2) is 6.92. The van der Waals surface area contributed by atoms with Crippen LogP contribution in [0.5, 0.6) is 5.75 Å². The molecule has 1 N–H and O–H groups in total. The fourth-order valence-corrected chi connectivity index (χ4v) is 2.39. The molecule has 1 aliphatic heterocycles. The Labute approximate surface area is 123 Å². The molecule has 0 saturated carbocycles. The lowest BCUT2D eigenvalue weighted by molar-refractivity contribution is -0.143. The van der Waals surface area contributed by atoms with Gasteiger partial charge in [0.15, 0.2) is 0 Å². The van der Waals surface area contributed by atoms with Gasteiger partial charge in [-0.2, -0.15) is 0 Å². The zero-order valence-electron chi connectivity index (χ0n) is 11.8. The molecule has 0 aromatic heterocycles. The smallest absolute Gasteiger partial charge is 0.308 e. The molecule has 0 bridgehead atoms.